The largest absolute Gasteiger partial charge is 0.379 e. The maximum absolute atomic E-state index is 12.3. The third-order valence-corrected chi connectivity index (χ3v) is 3.70. The Balaban J connectivity index is 2.06. The van der Waals surface area contributed by atoms with Gasteiger partial charge in [-0.05, 0) is 24.7 Å². The number of halogens is 1. The number of carbonyl (C=O) groups excluding carboxylic acids is 2. The van der Waals surface area contributed by atoms with Crippen LogP contribution < -0.4 is 16.4 Å². The van der Waals surface area contributed by atoms with Gasteiger partial charge in [-0.3, -0.25) is 9.59 Å². The highest BCUT2D eigenvalue weighted by atomic mass is 35.5. The maximum Gasteiger partial charge on any atom is 0.250 e. The van der Waals surface area contributed by atoms with Gasteiger partial charge in [0.15, 0.2) is 0 Å². The number of anilines is 1. The molecule has 1 aliphatic heterocycles. The third-order valence-electron chi connectivity index (χ3n) is 3.39. The lowest BCUT2D eigenvalue weighted by atomic mass is 10.0. The Bertz CT molecular complexity index is 550. The smallest absolute Gasteiger partial charge is 0.250 e. The molecule has 1 fully saturated rings. The summed E-state index contributed by atoms with van der Waals surface area (Å²) in [6.07, 6.45) is 0. The number of ether oxygens (including phenoxy) is 1. The highest BCUT2D eigenvalue weighted by Crippen LogP contribution is 2.22. The van der Waals surface area contributed by atoms with Crippen molar-refractivity contribution in [3.63, 3.8) is 0 Å². The van der Waals surface area contributed by atoms with Crippen molar-refractivity contribution in [2.75, 3.05) is 25.1 Å². The fourth-order valence-corrected chi connectivity index (χ4v) is 2.58. The van der Waals surface area contributed by atoms with Gasteiger partial charge >= 0.3 is 0 Å². The fourth-order valence-electron chi connectivity index (χ4n) is 2.30. The summed E-state index contributed by atoms with van der Waals surface area (Å²) in [6, 6.07) is 4.61. The van der Waals surface area contributed by atoms with Crippen molar-refractivity contribution in [1.29, 1.82) is 0 Å². The molecule has 0 saturated carbocycles. The molecule has 2 rings (SSSR count). The standard InChI is InChI=1S/C14H18ClN3O3/c1-2-17-12-7-21-6-10(12)14(20)18-8-3-4-9(13(16)19)11(15)5-8/h3-5,10,12,17H,2,6-7H2,1H3,(H2,16,19)(H,18,20). The summed E-state index contributed by atoms with van der Waals surface area (Å²) in [5, 5.41) is 6.22. The lowest BCUT2D eigenvalue weighted by Crippen LogP contribution is -2.41. The first-order chi connectivity index (χ1) is 10.0. The van der Waals surface area contributed by atoms with Gasteiger partial charge < -0.3 is 21.1 Å². The lowest BCUT2D eigenvalue weighted by molar-refractivity contribution is -0.120. The molecule has 6 nitrogen and oxygen atoms in total. The van der Waals surface area contributed by atoms with Crippen LogP contribution in [0.4, 0.5) is 5.69 Å². The van der Waals surface area contributed by atoms with Crippen molar-refractivity contribution in [2.45, 2.75) is 13.0 Å². The molecule has 0 aromatic heterocycles. The predicted molar refractivity (Wildman–Crippen MR) is 80.4 cm³/mol. The number of benzene rings is 1. The minimum Gasteiger partial charge on any atom is -0.379 e. The normalized spacial score (nSPS) is 21.2. The van der Waals surface area contributed by atoms with Crippen LogP contribution in [0.15, 0.2) is 18.2 Å². The minimum atomic E-state index is -0.603. The number of nitrogens with two attached hydrogens (primary N) is 1. The van der Waals surface area contributed by atoms with Crippen molar-refractivity contribution in [3.05, 3.63) is 28.8 Å². The van der Waals surface area contributed by atoms with Crippen molar-refractivity contribution in [3.8, 4) is 0 Å². The van der Waals surface area contributed by atoms with E-state index in [2.05, 4.69) is 10.6 Å². The van der Waals surface area contributed by atoms with Crippen molar-refractivity contribution < 1.29 is 14.3 Å². The average Bonchev–Trinajstić information content (AvgIpc) is 2.87. The summed E-state index contributed by atoms with van der Waals surface area (Å²) in [5.74, 6) is -0.991. The zero-order valence-corrected chi connectivity index (χ0v) is 12.4. The molecular formula is C14H18ClN3O3. The van der Waals surface area contributed by atoms with Crippen molar-refractivity contribution >= 4 is 29.1 Å². The molecule has 4 N–H and O–H groups in total. The van der Waals surface area contributed by atoms with E-state index in [4.69, 9.17) is 22.1 Å². The molecule has 2 atom stereocenters. The Morgan fingerprint density at radius 2 is 2.19 bits per heavy atom. The second-order valence-corrected chi connectivity index (χ2v) is 5.26. The van der Waals surface area contributed by atoms with E-state index in [1.807, 2.05) is 6.92 Å². The van der Waals surface area contributed by atoms with Gasteiger partial charge in [-0.1, -0.05) is 18.5 Å². The first kappa shape index (κ1) is 15.8. The summed E-state index contributed by atoms with van der Waals surface area (Å²) < 4.78 is 5.34. The quantitative estimate of drug-likeness (QED) is 0.756. The number of rotatable bonds is 5. The van der Waals surface area contributed by atoms with E-state index in [0.717, 1.165) is 6.54 Å². The second kappa shape index (κ2) is 6.89. The van der Waals surface area contributed by atoms with Gasteiger partial charge in [-0.2, -0.15) is 0 Å². The maximum atomic E-state index is 12.3. The predicted octanol–water partition coefficient (Wildman–Crippen LogP) is 1.00. The van der Waals surface area contributed by atoms with Crippen LogP contribution in [0.3, 0.4) is 0 Å². The summed E-state index contributed by atoms with van der Waals surface area (Å²) in [7, 11) is 0. The van der Waals surface area contributed by atoms with Gasteiger partial charge in [-0.25, -0.2) is 0 Å². The number of nitrogens with one attached hydrogen (secondary N) is 2. The molecule has 21 heavy (non-hydrogen) atoms. The van der Waals surface area contributed by atoms with E-state index in [1.54, 1.807) is 6.07 Å². The van der Waals surface area contributed by atoms with E-state index < -0.39 is 5.91 Å². The second-order valence-electron chi connectivity index (χ2n) is 4.86. The molecule has 1 aromatic carbocycles. The van der Waals surface area contributed by atoms with Gasteiger partial charge in [0.1, 0.15) is 0 Å². The number of likely N-dealkylation sites (N-methyl/N-ethyl adjacent to an activating group) is 1. The summed E-state index contributed by atoms with van der Waals surface area (Å²) in [6.45, 7) is 3.66. The summed E-state index contributed by atoms with van der Waals surface area (Å²) in [4.78, 5) is 23.4. The average molecular weight is 312 g/mol. The van der Waals surface area contributed by atoms with Crippen LogP contribution in [-0.2, 0) is 9.53 Å². The Labute approximate surface area is 128 Å². The van der Waals surface area contributed by atoms with Gasteiger partial charge in [-0.15, -0.1) is 0 Å². The van der Waals surface area contributed by atoms with E-state index in [0.29, 0.717) is 18.9 Å². The van der Waals surface area contributed by atoms with E-state index >= 15 is 0 Å². The van der Waals surface area contributed by atoms with Gasteiger partial charge in [0.2, 0.25) is 11.8 Å². The van der Waals surface area contributed by atoms with Crippen LogP contribution >= 0.6 is 11.6 Å². The molecular weight excluding hydrogens is 294 g/mol. The van der Waals surface area contributed by atoms with Gasteiger partial charge in [0.05, 0.1) is 29.7 Å². The number of hydrogen-bond acceptors (Lipinski definition) is 4. The first-order valence-electron chi connectivity index (χ1n) is 6.74. The Morgan fingerprint density at radius 3 is 2.81 bits per heavy atom. The molecule has 7 heteroatoms. The molecule has 1 aliphatic rings. The van der Waals surface area contributed by atoms with E-state index in [9.17, 15) is 9.59 Å². The SMILES string of the molecule is CCNC1COCC1C(=O)Nc1ccc(C(N)=O)c(Cl)c1. The van der Waals surface area contributed by atoms with E-state index in [-0.39, 0.29) is 28.5 Å². The van der Waals surface area contributed by atoms with Crippen LogP contribution in [0.5, 0.6) is 0 Å². The molecule has 0 bridgehead atoms. The third kappa shape index (κ3) is 3.72. The Morgan fingerprint density at radius 1 is 1.43 bits per heavy atom. The summed E-state index contributed by atoms with van der Waals surface area (Å²) in [5.41, 5.74) is 5.93. The molecule has 1 heterocycles. The molecule has 0 spiro atoms. The van der Waals surface area contributed by atoms with Gasteiger partial charge in [0, 0.05) is 11.7 Å². The van der Waals surface area contributed by atoms with Crippen LogP contribution in [-0.4, -0.2) is 37.6 Å². The molecule has 2 unspecified atom stereocenters. The fraction of sp³-hybridized carbons (Fsp3) is 0.429. The number of hydrogen-bond donors (Lipinski definition) is 3. The van der Waals surface area contributed by atoms with Crippen molar-refractivity contribution in [2.24, 2.45) is 11.7 Å². The number of amides is 2. The van der Waals surface area contributed by atoms with Crippen molar-refractivity contribution in [1.82, 2.24) is 5.32 Å². The molecule has 0 aliphatic carbocycles. The zero-order chi connectivity index (χ0) is 15.4. The van der Waals surface area contributed by atoms with Gasteiger partial charge in [0.25, 0.3) is 0 Å². The molecule has 1 aromatic rings. The molecule has 1 saturated heterocycles. The minimum absolute atomic E-state index is 0.00960. The Hall–Kier alpha value is -1.63. The monoisotopic (exact) mass is 311 g/mol. The topological polar surface area (TPSA) is 93.4 Å². The first-order valence-corrected chi connectivity index (χ1v) is 7.12. The van der Waals surface area contributed by atoms with E-state index in [1.165, 1.54) is 12.1 Å². The van der Waals surface area contributed by atoms with Crippen LogP contribution in [0.25, 0.3) is 0 Å². The molecule has 114 valence electrons. The highest BCUT2D eigenvalue weighted by Gasteiger charge is 2.33. The molecule has 2 amide bonds. The molecule has 0 radical (unpaired) electrons. The summed E-state index contributed by atoms with van der Waals surface area (Å²) >= 11 is 5.96. The number of primary amides is 1. The number of carbonyl (C=O) groups is 2. The van der Waals surface area contributed by atoms with Crippen LogP contribution in [0.2, 0.25) is 5.02 Å². The van der Waals surface area contributed by atoms with Crippen LogP contribution in [0.1, 0.15) is 17.3 Å². The highest BCUT2D eigenvalue weighted by molar-refractivity contribution is 6.34. The zero-order valence-electron chi connectivity index (χ0n) is 11.7. The Kier molecular flexibility index (Phi) is 5.17. The lowest BCUT2D eigenvalue weighted by Gasteiger charge is -2.18. The van der Waals surface area contributed by atoms with Crippen LogP contribution in [0, 0.1) is 5.92 Å².